The Kier molecular flexibility index (Phi) is 25.7. The molecule has 3 heterocycles. The number of carbonyl (C=O) groups is 10. The number of aromatic nitrogens is 1. The molecule has 3 aromatic carbocycles. The lowest BCUT2D eigenvalue weighted by Gasteiger charge is -2.31. The van der Waals surface area contributed by atoms with Gasteiger partial charge in [0.1, 0.15) is 48.3 Å². The van der Waals surface area contributed by atoms with E-state index in [4.69, 9.17) is 28.7 Å². The molecule has 0 bridgehead atoms. The van der Waals surface area contributed by atoms with E-state index in [1.165, 1.54) is 11.8 Å². The van der Waals surface area contributed by atoms with Crippen molar-refractivity contribution in [1.82, 2.24) is 52.4 Å². The first-order chi connectivity index (χ1) is 41.7. The highest BCUT2D eigenvalue weighted by Gasteiger charge is 2.41. The number of nitrogens with zero attached hydrogens (tertiary/aromatic N) is 3. The molecule has 470 valence electrons. The number of hydrogen-bond donors (Lipinski definition) is 14. The number of nitrogens with two attached hydrogens (primary N) is 5. The van der Waals surface area contributed by atoms with E-state index in [0.29, 0.717) is 43.2 Å². The lowest BCUT2D eigenvalue weighted by molar-refractivity contribution is -0.143. The molecule has 87 heavy (non-hydrogen) atoms. The smallest absolute Gasteiger partial charge is 0.246 e. The summed E-state index contributed by atoms with van der Waals surface area (Å²) < 4.78 is 0. The lowest BCUT2D eigenvalue weighted by atomic mass is 9.99. The molecule has 0 spiro atoms. The summed E-state index contributed by atoms with van der Waals surface area (Å²) in [5, 5.41) is 24.6. The zero-order valence-electron chi connectivity index (χ0n) is 49.5. The summed E-state index contributed by atoms with van der Waals surface area (Å²) in [7, 11) is 0. The van der Waals surface area contributed by atoms with Gasteiger partial charge in [0.25, 0.3) is 0 Å². The summed E-state index contributed by atoms with van der Waals surface area (Å²) in [4.78, 5) is 155. The number of primary amides is 1. The van der Waals surface area contributed by atoms with E-state index in [1.54, 1.807) is 12.3 Å². The van der Waals surface area contributed by atoms with Crippen molar-refractivity contribution in [1.29, 1.82) is 0 Å². The van der Waals surface area contributed by atoms with Gasteiger partial charge < -0.3 is 81.1 Å². The number of nitrogens with one attached hydrogen (secondary N) is 9. The van der Waals surface area contributed by atoms with Gasteiger partial charge in [-0.3, -0.25) is 57.9 Å². The number of guanidine groups is 2. The van der Waals surface area contributed by atoms with E-state index in [1.807, 2.05) is 67.6 Å². The molecule has 2 aliphatic heterocycles. The second kappa shape index (κ2) is 33.4. The van der Waals surface area contributed by atoms with E-state index >= 15 is 9.59 Å². The van der Waals surface area contributed by atoms with Crippen LogP contribution in [0.25, 0.3) is 21.7 Å². The normalized spacial score (nSPS) is 21.8. The highest BCUT2D eigenvalue weighted by molar-refractivity contribution is 6.00. The molecule has 0 aliphatic carbocycles. The molecule has 6 rings (SSSR count). The molecule has 27 heteroatoms. The maximum absolute atomic E-state index is 15.1. The van der Waals surface area contributed by atoms with Crippen LogP contribution in [0.2, 0.25) is 0 Å². The minimum absolute atomic E-state index is 0.0125. The van der Waals surface area contributed by atoms with Gasteiger partial charge in [-0.1, -0.05) is 80.4 Å². The van der Waals surface area contributed by atoms with E-state index < -0.39 is 114 Å². The minimum Gasteiger partial charge on any atom is -0.370 e. The Balaban J connectivity index is 1.42. The van der Waals surface area contributed by atoms with Crippen molar-refractivity contribution >= 4 is 92.7 Å². The first kappa shape index (κ1) is 66.8. The molecular weight excluding hydrogens is 1120 g/mol. The number of carbonyl (C=O) groups excluding carboxylic acids is 10. The van der Waals surface area contributed by atoms with Crippen LogP contribution in [0.1, 0.15) is 115 Å². The summed E-state index contributed by atoms with van der Waals surface area (Å²) in [6.07, 6.45) is 4.12. The molecule has 27 nitrogen and oxygen atoms in total. The zero-order valence-corrected chi connectivity index (χ0v) is 49.5. The fourth-order valence-electron chi connectivity index (χ4n) is 10.7. The average Bonchev–Trinajstić information content (AvgIpc) is 2.43. The third-order valence-electron chi connectivity index (χ3n) is 15.3. The molecule has 19 N–H and O–H groups in total. The largest absolute Gasteiger partial charge is 0.370 e. The van der Waals surface area contributed by atoms with Gasteiger partial charge in [-0.25, -0.2) is 0 Å². The summed E-state index contributed by atoms with van der Waals surface area (Å²) in [5.41, 5.74) is 30.3. The number of aliphatic imine (C=N–C) groups is 2. The predicted octanol–water partition coefficient (Wildman–Crippen LogP) is -0.626. The predicted molar refractivity (Wildman–Crippen MR) is 328 cm³/mol. The van der Waals surface area contributed by atoms with Crippen LogP contribution in [-0.4, -0.2) is 155 Å². The van der Waals surface area contributed by atoms with Gasteiger partial charge in [0.2, 0.25) is 59.1 Å². The van der Waals surface area contributed by atoms with Gasteiger partial charge in [-0.15, -0.1) is 0 Å². The van der Waals surface area contributed by atoms with Crippen LogP contribution in [0.3, 0.4) is 0 Å². The second-order valence-corrected chi connectivity index (χ2v) is 22.1. The molecular formula is C60H85N17O10. The van der Waals surface area contributed by atoms with Crippen molar-refractivity contribution in [2.45, 2.75) is 165 Å². The molecule has 2 fully saturated rings. The summed E-state index contributed by atoms with van der Waals surface area (Å²) in [6.45, 7) is 3.47. The fourth-order valence-corrected chi connectivity index (χ4v) is 10.7. The summed E-state index contributed by atoms with van der Waals surface area (Å²) in [6, 6.07) is 9.85. The first-order valence-corrected chi connectivity index (χ1v) is 29.8. The number of H-pyrrole nitrogens is 1. The average molecular weight is 1200 g/mol. The molecule has 0 unspecified atom stereocenters. The van der Waals surface area contributed by atoms with Crippen LogP contribution in [0.15, 0.2) is 82.9 Å². The molecule has 10 amide bonds. The van der Waals surface area contributed by atoms with Crippen molar-refractivity contribution in [3.05, 3.63) is 84.1 Å². The number of aromatic amines is 1. The van der Waals surface area contributed by atoms with Crippen molar-refractivity contribution in [2.24, 2.45) is 38.7 Å². The topological polar surface area (TPSA) is 441 Å². The highest BCUT2D eigenvalue weighted by Crippen LogP contribution is 2.23. The van der Waals surface area contributed by atoms with Gasteiger partial charge >= 0.3 is 0 Å². The van der Waals surface area contributed by atoms with Crippen LogP contribution < -0.4 is 71.2 Å². The summed E-state index contributed by atoms with van der Waals surface area (Å²) in [5.74, 6) is -7.77. The number of rotatable bonds is 20. The van der Waals surface area contributed by atoms with Crippen LogP contribution >= 0.6 is 0 Å². The molecule has 2 saturated heterocycles. The number of unbranched alkanes of at least 4 members (excludes halogenated alkanes) is 2. The Hall–Kier alpha value is -9.30. The number of fused-ring (bicyclic) bond motifs is 3. The minimum atomic E-state index is -1.52. The SMILES string of the molecule is CCCC[C@H](NC(C)=O)C(=O)N[C@H]1CC(=O)NCCCC[C@@H](C(N)=O)NC(=O)[C@H](CCCCN=C(N)N)NC(=O)[C@H](Cc2c[nH]c3ccccc23)NC(=O)[C@H](CCCN=C(N)N)NC(=O)[C@@H](Cc2ccc3ccccc3c2)NC(=O)[C@@H]2CCCN2C1=O. The van der Waals surface area contributed by atoms with Gasteiger partial charge in [0.05, 0.1) is 6.42 Å². The quantitative estimate of drug-likeness (QED) is 0.0298. The third kappa shape index (κ3) is 20.7. The van der Waals surface area contributed by atoms with Crippen LogP contribution in [-0.2, 0) is 60.8 Å². The van der Waals surface area contributed by atoms with Crippen molar-refractivity contribution in [2.75, 3.05) is 26.2 Å². The Labute approximate surface area is 505 Å². The molecule has 1 aromatic heterocycles. The monoisotopic (exact) mass is 1200 g/mol. The molecule has 4 aromatic rings. The van der Waals surface area contributed by atoms with Gasteiger partial charge in [0, 0.05) is 63.0 Å². The number of benzene rings is 3. The highest BCUT2D eigenvalue weighted by atomic mass is 16.2. The number of hydrogen-bond acceptors (Lipinski definition) is 12. The van der Waals surface area contributed by atoms with Crippen LogP contribution in [0, 0.1) is 0 Å². The zero-order chi connectivity index (χ0) is 63.0. The van der Waals surface area contributed by atoms with E-state index in [9.17, 15) is 38.4 Å². The lowest BCUT2D eigenvalue weighted by Crippen LogP contribution is -2.60. The second-order valence-electron chi connectivity index (χ2n) is 22.1. The molecule has 2 aliphatic rings. The maximum atomic E-state index is 15.1. The summed E-state index contributed by atoms with van der Waals surface area (Å²) >= 11 is 0. The van der Waals surface area contributed by atoms with Gasteiger partial charge in [-0.2, -0.15) is 0 Å². The first-order valence-electron chi connectivity index (χ1n) is 29.8. The van der Waals surface area contributed by atoms with E-state index in [0.717, 1.165) is 21.7 Å². The van der Waals surface area contributed by atoms with Gasteiger partial charge in [-0.05, 0) is 98.6 Å². The molecule has 0 radical (unpaired) electrons. The third-order valence-corrected chi connectivity index (χ3v) is 15.3. The maximum Gasteiger partial charge on any atom is 0.246 e. The van der Waals surface area contributed by atoms with Crippen molar-refractivity contribution in [3.8, 4) is 0 Å². The Bertz CT molecular complexity index is 3140. The standard InChI is InChI=1S/C60H85N17O10/c1-3-4-18-43(70-35(2)78)52(81)76-48-33-50(79)66-26-11-9-20-42(51(61)80)71-53(82)44(21-10-12-27-67-59(62)63)72-56(85)47(32-39-34-69-41-19-8-7-17-40(39)41)74-54(83)45(22-13-28-68-60(64)65)73-55(84)46(75-57(86)49-23-14-29-77(49)58(48)87)31-36-24-25-37-15-5-6-16-38(37)30-36/h5-8,15-17,19,24-25,30,34,42-49,69H,3-4,9-14,18,20-23,26-29,31-33H2,1-2H3,(H2,61,80)(H,66,79)(H,70,78)(H,71,82)(H,72,85)(H,73,84)(H,74,83)(H,75,86)(H,76,81)(H4,62,63,67)(H4,64,65,68)/t42-,43-,44-,45-,46+,47-,48-,49-/m0/s1. The van der Waals surface area contributed by atoms with E-state index in [-0.39, 0.29) is 102 Å². The molecule has 0 saturated carbocycles. The number of para-hydroxylation sites is 1. The van der Waals surface area contributed by atoms with Crippen LogP contribution in [0.4, 0.5) is 0 Å². The van der Waals surface area contributed by atoms with Crippen LogP contribution in [0.5, 0.6) is 0 Å². The Morgan fingerprint density at radius 1 is 0.667 bits per heavy atom. The molecule has 8 atom stereocenters. The van der Waals surface area contributed by atoms with E-state index in [2.05, 4.69) is 57.5 Å². The van der Waals surface area contributed by atoms with Gasteiger partial charge in [0.15, 0.2) is 11.9 Å². The van der Waals surface area contributed by atoms with Crippen molar-refractivity contribution in [3.63, 3.8) is 0 Å². The Morgan fingerprint density at radius 2 is 1.29 bits per heavy atom. The Morgan fingerprint density at radius 3 is 1.98 bits per heavy atom. The fraction of sp³-hybridized carbons (Fsp3) is 0.500. The number of amides is 10. The van der Waals surface area contributed by atoms with Crippen molar-refractivity contribution < 1.29 is 47.9 Å².